The van der Waals surface area contributed by atoms with Gasteiger partial charge in [0, 0.05) is 17.8 Å². The lowest BCUT2D eigenvalue weighted by Crippen LogP contribution is -2.46. The number of ether oxygens (including phenoxy) is 1. The van der Waals surface area contributed by atoms with Crippen molar-refractivity contribution in [1.29, 1.82) is 0 Å². The van der Waals surface area contributed by atoms with Crippen molar-refractivity contribution < 1.29 is 18.6 Å². The van der Waals surface area contributed by atoms with Crippen LogP contribution in [0.5, 0.6) is 5.88 Å². The molecule has 2 aliphatic heterocycles. The van der Waals surface area contributed by atoms with Crippen molar-refractivity contribution in [2.24, 2.45) is 0 Å². The number of hydrogen-bond donors (Lipinski definition) is 1. The quantitative estimate of drug-likeness (QED) is 0.898. The van der Waals surface area contributed by atoms with E-state index in [1.165, 1.54) is 6.33 Å². The van der Waals surface area contributed by atoms with Gasteiger partial charge < -0.3 is 9.84 Å². The fourth-order valence-electron chi connectivity index (χ4n) is 3.59. The second-order valence-electron chi connectivity index (χ2n) is 5.77. The van der Waals surface area contributed by atoms with E-state index in [-0.39, 0.29) is 29.6 Å². The van der Waals surface area contributed by atoms with Crippen molar-refractivity contribution in [3.8, 4) is 5.88 Å². The number of alkyl halides is 2. The summed E-state index contributed by atoms with van der Waals surface area (Å²) >= 11 is 0. The number of rotatable bonds is 5. The molecule has 1 N–H and O–H groups in total. The molecule has 0 bridgehead atoms. The number of hydrogen-bond acceptors (Lipinski definition) is 5. The number of aliphatic hydroxyl groups excluding tert-OH is 1. The van der Waals surface area contributed by atoms with Crippen molar-refractivity contribution in [3.63, 3.8) is 0 Å². The largest absolute Gasteiger partial charge is 0.476 e. The third-order valence-corrected chi connectivity index (χ3v) is 4.68. The van der Waals surface area contributed by atoms with Gasteiger partial charge in [-0.3, -0.25) is 4.90 Å². The summed E-state index contributed by atoms with van der Waals surface area (Å²) in [6.45, 7) is 1.40. The number of nitrogens with zero attached hydrogens (tertiary/aromatic N) is 3. The molecule has 5 nitrogen and oxygen atoms in total. The standard InChI is InChI=1S/C14H19F2N3O2/c15-12(16)11-6-17-9-18-13(11)21-7-10-2-4-14(8-20)3-1-5-19(10)14/h6,9-10,12,20H,1-5,7-8H2/t10-,14-/m0/s1. The third kappa shape index (κ3) is 2.60. The molecule has 0 spiro atoms. The molecule has 7 heteroatoms. The number of fused-ring (bicyclic) bond motifs is 1. The van der Waals surface area contributed by atoms with Crippen LogP contribution in [-0.4, -0.2) is 51.3 Å². The summed E-state index contributed by atoms with van der Waals surface area (Å²) in [5, 5.41) is 9.64. The molecule has 2 atom stereocenters. The van der Waals surface area contributed by atoms with E-state index in [2.05, 4.69) is 14.9 Å². The van der Waals surface area contributed by atoms with E-state index in [4.69, 9.17) is 4.74 Å². The van der Waals surface area contributed by atoms with Crippen LogP contribution in [0.4, 0.5) is 8.78 Å². The molecule has 2 aliphatic rings. The van der Waals surface area contributed by atoms with Gasteiger partial charge in [0.1, 0.15) is 12.9 Å². The first-order valence-corrected chi connectivity index (χ1v) is 7.25. The maximum absolute atomic E-state index is 12.9. The first-order valence-electron chi connectivity index (χ1n) is 7.25. The molecule has 0 aliphatic carbocycles. The lowest BCUT2D eigenvalue weighted by Gasteiger charge is -2.33. The Morgan fingerprint density at radius 2 is 2.33 bits per heavy atom. The highest BCUT2D eigenvalue weighted by Gasteiger charge is 2.48. The topological polar surface area (TPSA) is 58.5 Å². The lowest BCUT2D eigenvalue weighted by molar-refractivity contribution is 0.0609. The third-order valence-electron chi connectivity index (χ3n) is 4.68. The molecule has 0 aromatic carbocycles. The van der Waals surface area contributed by atoms with Crippen LogP contribution in [0.2, 0.25) is 0 Å². The van der Waals surface area contributed by atoms with E-state index in [1.54, 1.807) is 0 Å². The highest BCUT2D eigenvalue weighted by molar-refractivity contribution is 5.23. The van der Waals surface area contributed by atoms with Crippen LogP contribution in [-0.2, 0) is 0 Å². The predicted molar refractivity (Wildman–Crippen MR) is 71.3 cm³/mol. The van der Waals surface area contributed by atoms with Gasteiger partial charge in [-0.15, -0.1) is 0 Å². The minimum absolute atomic E-state index is 0.0410. The smallest absolute Gasteiger partial charge is 0.270 e. The van der Waals surface area contributed by atoms with Gasteiger partial charge in [-0.05, 0) is 32.2 Å². The molecule has 2 saturated heterocycles. The summed E-state index contributed by atoms with van der Waals surface area (Å²) < 4.78 is 31.2. The summed E-state index contributed by atoms with van der Waals surface area (Å²) in [4.78, 5) is 9.69. The molecular formula is C14H19F2N3O2. The first-order chi connectivity index (χ1) is 10.2. The summed E-state index contributed by atoms with van der Waals surface area (Å²) in [6, 6.07) is 0.153. The fourth-order valence-corrected chi connectivity index (χ4v) is 3.59. The van der Waals surface area contributed by atoms with Gasteiger partial charge in [-0.25, -0.2) is 18.7 Å². The van der Waals surface area contributed by atoms with Gasteiger partial charge in [0.25, 0.3) is 6.43 Å². The zero-order valence-corrected chi connectivity index (χ0v) is 11.7. The molecule has 3 rings (SSSR count). The van der Waals surface area contributed by atoms with Gasteiger partial charge >= 0.3 is 0 Å². The van der Waals surface area contributed by atoms with Gasteiger partial charge in [0.15, 0.2) is 0 Å². The number of aromatic nitrogens is 2. The second-order valence-corrected chi connectivity index (χ2v) is 5.77. The Balaban J connectivity index is 1.66. The zero-order valence-electron chi connectivity index (χ0n) is 11.7. The Labute approximate surface area is 122 Å². The van der Waals surface area contributed by atoms with Crippen LogP contribution in [0, 0.1) is 0 Å². The van der Waals surface area contributed by atoms with E-state index >= 15 is 0 Å². The lowest BCUT2D eigenvalue weighted by atomic mass is 9.95. The Kier molecular flexibility index (Phi) is 4.03. The molecule has 1 aromatic heterocycles. The van der Waals surface area contributed by atoms with Crippen molar-refractivity contribution in [1.82, 2.24) is 14.9 Å². The van der Waals surface area contributed by atoms with E-state index in [0.717, 1.165) is 38.4 Å². The maximum atomic E-state index is 12.9. The van der Waals surface area contributed by atoms with Gasteiger partial charge in [-0.2, -0.15) is 0 Å². The molecule has 3 heterocycles. The van der Waals surface area contributed by atoms with E-state index < -0.39 is 6.43 Å². The fraction of sp³-hybridized carbons (Fsp3) is 0.714. The molecule has 1 aromatic rings. The molecule has 0 amide bonds. The molecule has 2 fully saturated rings. The van der Waals surface area contributed by atoms with Crippen molar-refractivity contribution >= 4 is 0 Å². The van der Waals surface area contributed by atoms with E-state index in [1.807, 2.05) is 0 Å². The van der Waals surface area contributed by atoms with Crippen LogP contribution >= 0.6 is 0 Å². The Morgan fingerprint density at radius 1 is 1.48 bits per heavy atom. The summed E-state index contributed by atoms with van der Waals surface area (Å²) in [5.41, 5.74) is -0.393. The Hall–Kier alpha value is -1.34. The first kappa shape index (κ1) is 14.6. The monoisotopic (exact) mass is 299 g/mol. The van der Waals surface area contributed by atoms with Crippen LogP contribution in [0.15, 0.2) is 12.5 Å². The van der Waals surface area contributed by atoms with Gasteiger partial charge in [0.2, 0.25) is 5.88 Å². The van der Waals surface area contributed by atoms with Crippen LogP contribution in [0.1, 0.15) is 37.7 Å². The zero-order chi connectivity index (χ0) is 14.9. The molecule has 0 saturated carbocycles. The number of aliphatic hydroxyl groups is 1. The molecule has 0 radical (unpaired) electrons. The highest BCUT2D eigenvalue weighted by Crippen LogP contribution is 2.42. The minimum atomic E-state index is -2.65. The van der Waals surface area contributed by atoms with Gasteiger partial charge in [-0.1, -0.05) is 0 Å². The normalized spacial score (nSPS) is 29.0. The number of halogens is 2. The van der Waals surface area contributed by atoms with Crippen LogP contribution < -0.4 is 4.74 Å². The molecule has 116 valence electrons. The Morgan fingerprint density at radius 3 is 3.10 bits per heavy atom. The minimum Gasteiger partial charge on any atom is -0.476 e. The molecule has 21 heavy (non-hydrogen) atoms. The molecule has 0 unspecified atom stereocenters. The van der Waals surface area contributed by atoms with Crippen LogP contribution in [0.25, 0.3) is 0 Å². The second kappa shape index (κ2) is 5.81. The SMILES string of the molecule is OC[C@@]12CCCN1[C@H](COc1ncncc1C(F)F)CC2. The summed E-state index contributed by atoms with van der Waals surface area (Å²) in [7, 11) is 0. The molecular weight excluding hydrogens is 280 g/mol. The average molecular weight is 299 g/mol. The summed E-state index contributed by atoms with van der Waals surface area (Å²) in [6.07, 6.45) is 3.56. The average Bonchev–Trinajstić information content (AvgIpc) is 3.05. The van der Waals surface area contributed by atoms with Crippen molar-refractivity contribution in [2.75, 3.05) is 19.8 Å². The van der Waals surface area contributed by atoms with Crippen molar-refractivity contribution in [3.05, 3.63) is 18.1 Å². The van der Waals surface area contributed by atoms with E-state index in [0.29, 0.717) is 6.61 Å². The Bertz CT molecular complexity index is 503. The maximum Gasteiger partial charge on any atom is 0.270 e. The van der Waals surface area contributed by atoms with Gasteiger partial charge in [0.05, 0.1) is 12.2 Å². The predicted octanol–water partition coefficient (Wildman–Crippen LogP) is 1.78. The van der Waals surface area contributed by atoms with Crippen LogP contribution in [0.3, 0.4) is 0 Å². The van der Waals surface area contributed by atoms with Crippen molar-refractivity contribution in [2.45, 2.75) is 43.7 Å². The highest BCUT2D eigenvalue weighted by atomic mass is 19.3. The van der Waals surface area contributed by atoms with E-state index in [9.17, 15) is 13.9 Å². The summed E-state index contributed by atoms with van der Waals surface area (Å²) in [5.74, 6) is -0.0410.